The number of rotatable bonds is 7. The number of aliphatic hydroxyl groups excluding tert-OH is 1. The molecule has 0 saturated carbocycles. The maximum atomic E-state index is 11.7. The number of urea groups is 1. The average Bonchev–Trinajstić information content (AvgIpc) is 2.66. The number of aromatic nitrogens is 1. The van der Waals surface area contributed by atoms with Crippen molar-refractivity contribution in [2.24, 2.45) is 5.92 Å². The van der Waals surface area contributed by atoms with Crippen molar-refractivity contribution in [1.82, 2.24) is 15.6 Å². The third-order valence-corrected chi connectivity index (χ3v) is 4.08. The second-order valence-electron chi connectivity index (χ2n) is 5.40. The lowest BCUT2D eigenvalue weighted by Crippen LogP contribution is -2.44. The van der Waals surface area contributed by atoms with Gasteiger partial charge in [0.1, 0.15) is 0 Å². The molecule has 0 bridgehead atoms. The van der Waals surface area contributed by atoms with E-state index in [1.54, 1.807) is 11.3 Å². The summed E-state index contributed by atoms with van der Waals surface area (Å²) in [5, 5.41) is 15.9. The fraction of sp³-hybridized carbons (Fsp3) is 0.714. The first-order chi connectivity index (χ1) is 9.42. The van der Waals surface area contributed by atoms with Gasteiger partial charge in [-0.2, -0.15) is 0 Å². The van der Waals surface area contributed by atoms with Crippen LogP contribution in [0.3, 0.4) is 0 Å². The van der Waals surface area contributed by atoms with Crippen molar-refractivity contribution in [2.45, 2.75) is 46.6 Å². The van der Waals surface area contributed by atoms with Crippen LogP contribution in [-0.4, -0.2) is 35.3 Å². The largest absolute Gasteiger partial charge is 0.394 e. The molecule has 0 aliphatic carbocycles. The zero-order chi connectivity index (χ0) is 15.1. The SMILES string of the molecule is Cc1nc(C)c(CCNC(=O)NC(CO)CC(C)C)s1. The predicted octanol–water partition coefficient (Wildman–Crippen LogP) is 2.01. The minimum absolute atomic E-state index is 0.0290. The highest BCUT2D eigenvalue weighted by Gasteiger charge is 2.12. The summed E-state index contributed by atoms with van der Waals surface area (Å²) in [5.41, 5.74) is 1.04. The summed E-state index contributed by atoms with van der Waals surface area (Å²) in [6.07, 6.45) is 1.57. The maximum Gasteiger partial charge on any atom is 0.315 e. The van der Waals surface area contributed by atoms with E-state index in [1.165, 1.54) is 4.88 Å². The van der Waals surface area contributed by atoms with Crippen LogP contribution < -0.4 is 10.6 Å². The van der Waals surface area contributed by atoms with Crippen LogP contribution in [0.5, 0.6) is 0 Å². The first kappa shape index (κ1) is 16.9. The van der Waals surface area contributed by atoms with Crippen molar-refractivity contribution in [3.05, 3.63) is 15.6 Å². The maximum absolute atomic E-state index is 11.7. The summed E-state index contributed by atoms with van der Waals surface area (Å²) in [6, 6.07) is -0.397. The Labute approximate surface area is 124 Å². The highest BCUT2D eigenvalue weighted by Crippen LogP contribution is 2.16. The van der Waals surface area contributed by atoms with Crippen molar-refractivity contribution < 1.29 is 9.90 Å². The third kappa shape index (κ3) is 5.88. The number of hydrogen-bond donors (Lipinski definition) is 3. The highest BCUT2D eigenvalue weighted by molar-refractivity contribution is 7.11. The van der Waals surface area contributed by atoms with E-state index in [4.69, 9.17) is 0 Å². The molecule has 114 valence electrons. The Bertz CT molecular complexity index is 432. The molecule has 0 aliphatic heterocycles. The molecule has 3 N–H and O–H groups in total. The normalized spacial score (nSPS) is 12.5. The standard InChI is InChI=1S/C14H25N3O2S/c1-9(2)7-12(8-18)17-14(19)15-6-5-13-10(3)16-11(4)20-13/h9,12,18H,5-8H2,1-4H3,(H2,15,17,19). The van der Waals surface area contributed by atoms with E-state index in [-0.39, 0.29) is 18.7 Å². The lowest BCUT2D eigenvalue weighted by Gasteiger charge is -2.18. The Morgan fingerprint density at radius 3 is 2.60 bits per heavy atom. The molecule has 1 aromatic heterocycles. The van der Waals surface area contributed by atoms with Gasteiger partial charge in [-0.05, 0) is 26.2 Å². The predicted molar refractivity (Wildman–Crippen MR) is 82.2 cm³/mol. The summed E-state index contributed by atoms with van der Waals surface area (Å²) in [5.74, 6) is 0.440. The van der Waals surface area contributed by atoms with Crippen molar-refractivity contribution >= 4 is 17.4 Å². The number of nitrogens with zero attached hydrogens (tertiary/aromatic N) is 1. The van der Waals surface area contributed by atoms with E-state index in [1.807, 2.05) is 13.8 Å². The molecular formula is C14H25N3O2S. The Kier molecular flexibility index (Phi) is 6.95. The Morgan fingerprint density at radius 2 is 2.10 bits per heavy atom. The lowest BCUT2D eigenvalue weighted by atomic mass is 10.0. The van der Waals surface area contributed by atoms with Crippen molar-refractivity contribution in [1.29, 1.82) is 0 Å². The second-order valence-corrected chi connectivity index (χ2v) is 6.69. The summed E-state index contributed by atoms with van der Waals surface area (Å²) < 4.78 is 0. The molecule has 0 radical (unpaired) electrons. The Balaban J connectivity index is 2.30. The minimum Gasteiger partial charge on any atom is -0.394 e. The van der Waals surface area contributed by atoms with Crippen molar-refractivity contribution in [3.8, 4) is 0 Å². The van der Waals surface area contributed by atoms with Gasteiger partial charge in [0.05, 0.1) is 23.4 Å². The number of hydrogen-bond acceptors (Lipinski definition) is 4. The zero-order valence-corrected chi connectivity index (χ0v) is 13.5. The third-order valence-electron chi connectivity index (χ3n) is 2.95. The molecule has 6 heteroatoms. The summed E-state index contributed by atoms with van der Waals surface area (Å²) in [6.45, 7) is 8.66. The van der Waals surface area contributed by atoms with E-state index < -0.39 is 0 Å². The molecule has 2 amide bonds. The molecule has 0 saturated heterocycles. The van der Waals surface area contributed by atoms with Crippen LogP contribution in [0.2, 0.25) is 0 Å². The van der Waals surface area contributed by atoms with Crippen LogP contribution in [-0.2, 0) is 6.42 Å². The molecule has 20 heavy (non-hydrogen) atoms. The monoisotopic (exact) mass is 299 g/mol. The number of amides is 2. The number of aryl methyl sites for hydroxylation is 2. The van der Waals surface area contributed by atoms with Crippen LogP contribution in [0.25, 0.3) is 0 Å². The molecule has 5 nitrogen and oxygen atoms in total. The van der Waals surface area contributed by atoms with Gasteiger partial charge in [0.25, 0.3) is 0 Å². The molecule has 0 aliphatic rings. The van der Waals surface area contributed by atoms with Crippen molar-refractivity contribution in [3.63, 3.8) is 0 Å². The molecule has 1 rings (SSSR count). The number of carbonyl (C=O) groups excluding carboxylic acids is 1. The lowest BCUT2D eigenvalue weighted by molar-refractivity contribution is 0.207. The number of aliphatic hydroxyl groups is 1. The molecule has 0 aromatic carbocycles. The smallest absolute Gasteiger partial charge is 0.315 e. The first-order valence-electron chi connectivity index (χ1n) is 7.00. The second kappa shape index (κ2) is 8.21. The molecule has 1 heterocycles. The fourth-order valence-corrected chi connectivity index (χ4v) is 3.02. The minimum atomic E-state index is -0.219. The van der Waals surface area contributed by atoms with Gasteiger partial charge in [0.15, 0.2) is 0 Å². The van der Waals surface area contributed by atoms with E-state index in [0.717, 1.165) is 23.5 Å². The van der Waals surface area contributed by atoms with E-state index in [2.05, 4.69) is 29.5 Å². The number of carbonyl (C=O) groups is 1. The quantitative estimate of drug-likeness (QED) is 0.721. The molecular weight excluding hydrogens is 274 g/mol. The molecule has 1 aromatic rings. The summed E-state index contributed by atoms with van der Waals surface area (Å²) in [4.78, 5) is 17.3. The Morgan fingerprint density at radius 1 is 1.40 bits per heavy atom. The van der Waals surface area contributed by atoms with Crippen LogP contribution in [0.4, 0.5) is 4.79 Å². The van der Waals surface area contributed by atoms with Crippen LogP contribution in [0.15, 0.2) is 0 Å². The number of nitrogens with one attached hydrogen (secondary N) is 2. The van der Waals surface area contributed by atoms with Gasteiger partial charge in [0, 0.05) is 17.8 Å². The van der Waals surface area contributed by atoms with Gasteiger partial charge in [-0.15, -0.1) is 11.3 Å². The van der Waals surface area contributed by atoms with E-state index >= 15 is 0 Å². The average molecular weight is 299 g/mol. The van der Waals surface area contributed by atoms with Crippen molar-refractivity contribution in [2.75, 3.05) is 13.2 Å². The van der Waals surface area contributed by atoms with Gasteiger partial charge in [-0.1, -0.05) is 13.8 Å². The van der Waals surface area contributed by atoms with Gasteiger partial charge in [0.2, 0.25) is 0 Å². The Hall–Kier alpha value is -1.14. The first-order valence-corrected chi connectivity index (χ1v) is 7.82. The van der Waals surface area contributed by atoms with Crippen LogP contribution >= 0.6 is 11.3 Å². The van der Waals surface area contributed by atoms with E-state index in [9.17, 15) is 9.90 Å². The van der Waals surface area contributed by atoms with Gasteiger partial charge in [-0.25, -0.2) is 9.78 Å². The molecule has 1 unspecified atom stereocenters. The van der Waals surface area contributed by atoms with Gasteiger partial charge >= 0.3 is 6.03 Å². The summed E-state index contributed by atoms with van der Waals surface area (Å²) in [7, 11) is 0. The van der Waals surface area contributed by atoms with Crippen LogP contribution in [0, 0.1) is 19.8 Å². The number of thiazole rings is 1. The van der Waals surface area contributed by atoms with Gasteiger partial charge < -0.3 is 15.7 Å². The molecule has 0 fully saturated rings. The van der Waals surface area contributed by atoms with E-state index in [0.29, 0.717) is 12.5 Å². The van der Waals surface area contributed by atoms with Crippen LogP contribution in [0.1, 0.15) is 35.8 Å². The molecule has 0 spiro atoms. The van der Waals surface area contributed by atoms with Gasteiger partial charge in [-0.3, -0.25) is 0 Å². The highest BCUT2D eigenvalue weighted by atomic mass is 32.1. The topological polar surface area (TPSA) is 74.2 Å². The zero-order valence-electron chi connectivity index (χ0n) is 12.7. The summed E-state index contributed by atoms with van der Waals surface area (Å²) >= 11 is 1.67. The molecule has 1 atom stereocenters. The fourth-order valence-electron chi connectivity index (χ4n) is 2.08.